The molecule has 0 bridgehead atoms. The van der Waals surface area contributed by atoms with E-state index in [1.807, 2.05) is 0 Å². The first kappa shape index (κ1) is 11.5. The van der Waals surface area contributed by atoms with Gasteiger partial charge >= 0.3 is 5.97 Å². The molecule has 4 heteroatoms. The molecule has 1 saturated heterocycles. The van der Waals surface area contributed by atoms with Crippen LogP contribution in [-0.4, -0.2) is 43.7 Å². The van der Waals surface area contributed by atoms with Gasteiger partial charge in [-0.3, -0.25) is 4.79 Å². The molecule has 1 heterocycles. The monoisotopic (exact) mass is 200 g/mol. The van der Waals surface area contributed by atoms with Crippen LogP contribution in [0.2, 0.25) is 0 Å². The van der Waals surface area contributed by atoms with Crippen LogP contribution in [0.4, 0.5) is 0 Å². The highest BCUT2D eigenvalue weighted by atomic mass is 16.5. The highest BCUT2D eigenvalue weighted by Gasteiger charge is 2.22. The van der Waals surface area contributed by atoms with Crippen molar-refractivity contribution in [2.45, 2.75) is 25.8 Å². The fourth-order valence-corrected chi connectivity index (χ4v) is 1.80. The summed E-state index contributed by atoms with van der Waals surface area (Å²) in [5.41, 5.74) is 5.90. The summed E-state index contributed by atoms with van der Waals surface area (Å²) in [6, 6.07) is 0.323. The van der Waals surface area contributed by atoms with Crippen LogP contribution in [0.15, 0.2) is 0 Å². The summed E-state index contributed by atoms with van der Waals surface area (Å²) in [6.07, 6.45) is 1.51. The summed E-state index contributed by atoms with van der Waals surface area (Å²) in [6.45, 7) is 4.96. The standard InChI is InChI=1S/C10H20N2O2/c1-8-7-12(5-3-9(8)11)6-4-10(13)14-2/h8-9H,3-7,11H2,1-2H3. The van der Waals surface area contributed by atoms with Crippen molar-refractivity contribution in [3.05, 3.63) is 0 Å². The molecule has 0 aromatic rings. The molecule has 1 rings (SSSR count). The molecule has 0 spiro atoms. The van der Waals surface area contributed by atoms with Crippen LogP contribution in [-0.2, 0) is 9.53 Å². The zero-order valence-corrected chi connectivity index (χ0v) is 9.03. The van der Waals surface area contributed by atoms with Crippen molar-refractivity contribution < 1.29 is 9.53 Å². The summed E-state index contributed by atoms with van der Waals surface area (Å²) in [4.78, 5) is 13.2. The fourth-order valence-electron chi connectivity index (χ4n) is 1.80. The molecule has 1 aliphatic rings. The Morgan fingerprint density at radius 3 is 2.93 bits per heavy atom. The van der Waals surface area contributed by atoms with Crippen molar-refractivity contribution in [2.24, 2.45) is 11.7 Å². The van der Waals surface area contributed by atoms with E-state index in [9.17, 15) is 4.79 Å². The summed E-state index contributed by atoms with van der Waals surface area (Å²) in [5, 5.41) is 0. The molecule has 0 radical (unpaired) electrons. The van der Waals surface area contributed by atoms with Crippen LogP contribution in [0.1, 0.15) is 19.8 Å². The highest BCUT2D eigenvalue weighted by Crippen LogP contribution is 2.14. The maximum Gasteiger partial charge on any atom is 0.306 e. The molecule has 2 N–H and O–H groups in total. The Bertz CT molecular complexity index is 197. The Hall–Kier alpha value is -0.610. The Kier molecular flexibility index (Phi) is 4.35. The zero-order chi connectivity index (χ0) is 10.6. The molecule has 0 aromatic carbocycles. The van der Waals surface area contributed by atoms with Crippen LogP contribution in [0.3, 0.4) is 0 Å². The van der Waals surface area contributed by atoms with Crippen LogP contribution in [0.5, 0.6) is 0 Å². The van der Waals surface area contributed by atoms with Crippen molar-refractivity contribution in [1.82, 2.24) is 4.90 Å². The molecule has 0 saturated carbocycles. The predicted molar refractivity (Wildman–Crippen MR) is 54.8 cm³/mol. The zero-order valence-electron chi connectivity index (χ0n) is 9.03. The first-order chi connectivity index (χ1) is 6.63. The Labute approximate surface area is 85.4 Å². The van der Waals surface area contributed by atoms with Gasteiger partial charge in [-0.15, -0.1) is 0 Å². The second-order valence-electron chi connectivity index (χ2n) is 4.06. The largest absolute Gasteiger partial charge is 0.469 e. The number of likely N-dealkylation sites (tertiary alicyclic amines) is 1. The van der Waals surface area contributed by atoms with E-state index in [1.54, 1.807) is 0 Å². The van der Waals surface area contributed by atoms with Gasteiger partial charge in [0.2, 0.25) is 0 Å². The van der Waals surface area contributed by atoms with Gasteiger partial charge in [-0.1, -0.05) is 6.92 Å². The van der Waals surface area contributed by atoms with Crippen molar-refractivity contribution in [3.63, 3.8) is 0 Å². The third kappa shape index (κ3) is 3.27. The second kappa shape index (κ2) is 5.32. The predicted octanol–water partition coefficient (Wildman–Crippen LogP) is 0.219. The summed E-state index contributed by atoms with van der Waals surface area (Å²) >= 11 is 0. The second-order valence-corrected chi connectivity index (χ2v) is 4.06. The van der Waals surface area contributed by atoms with E-state index in [0.29, 0.717) is 18.4 Å². The molecule has 14 heavy (non-hydrogen) atoms. The number of ether oxygens (including phenoxy) is 1. The van der Waals surface area contributed by atoms with E-state index in [0.717, 1.165) is 26.1 Å². The number of esters is 1. The van der Waals surface area contributed by atoms with Crippen molar-refractivity contribution in [1.29, 1.82) is 0 Å². The van der Waals surface area contributed by atoms with Gasteiger partial charge in [0.25, 0.3) is 0 Å². The molecule has 2 unspecified atom stereocenters. The maximum absolute atomic E-state index is 10.9. The van der Waals surface area contributed by atoms with Crippen LogP contribution < -0.4 is 5.73 Å². The third-order valence-corrected chi connectivity index (χ3v) is 2.92. The van der Waals surface area contributed by atoms with Crippen LogP contribution in [0, 0.1) is 5.92 Å². The number of hydrogen-bond acceptors (Lipinski definition) is 4. The molecule has 1 fully saturated rings. The molecule has 0 amide bonds. The lowest BCUT2D eigenvalue weighted by atomic mass is 9.95. The van der Waals surface area contributed by atoms with Gasteiger partial charge in [0.15, 0.2) is 0 Å². The average Bonchev–Trinajstić information content (AvgIpc) is 2.19. The topological polar surface area (TPSA) is 55.6 Å². The van der Waals surface area contributed by atoms with Crippen molar-refractivity contribution >= 4 is 5.97 Å². The number of hydrogen-bond donors (Lipinski definition) is 1. The van der Waals surface area contributed by atoms with Crippen molar-refractivity contribution in [3.8, 4) is 0 Å². The number of carbonyl (C=O) groups is 1. The van der Waals surface area contributed by atoms with Gasteiger partial charge in [-0.2, -0.15) is 0 Å². The number of rotatable bonds is 3. The minimum Gasteiger partial charge on any atom is -0.469 e. The molecule has 1 aliphatic heterocycles. The number of piperidine rings is 1. The number of nitrogens with two attached hydrogens (primary N) is 1. The van der Waals surface area contributed by atoms with E-state index >= 15 is 0 Å². The van der Waals surface area contributed by atoms with Crippen molar-refractivity contribution in [2.75, 3.05) is 26.7 Å². The lowest BCUT2D eigenvalue weighted by Crippen LogP contribution is -2.46. The molecular formula is C10H20N2O2. The first-order valence-electron chi connectivity index (χ1n) is 5.18. The molecule has 2 atom stereocenters. The van der Waals surface area contributed by atoms with Crippen LogP contribution in [0.25, 0.3) is 0 Å². The summed E-state index contributed by atoms with van der Waals surface area (Å²) < 4.78 is 4.60. The van der Waals surface area contributed by atoms with E-state index < -0.39 is 0 Å². The van der Waals surface area contributed by atoms with Gasteiger partial charge in [-0.05, 0) is 18.9 Å². The lowest BCUT2D eigenvalue weighted by Gasteiger charge is -2.34. The van der Waals surface area contributed by atoms with Gasteiger partial charge < -0.3 is 15.4 Å². The minimum absolute atomic E-state index is 0.132. The van der Waals surface area contributed by atoms with Gasteiger partial charge in [0.05, 0.1) is 13.5 Å². The summed E-state index contributed by atoms with van der Waals surface area (Å²) in [7, 11) is 1.43. The van der Waals surface area contributed by atoms with Gasteiger partial charge in [0, 0.05) is 19.1 Å². The SMILES string of the molecule is COC(=O)CCN1CCC(N)C(C)C1. The van der Waals surface area contributed by atoms with E-state index in [2.05, 4.69) is 16.6 Å². The minimum atomic E-state index is -0.132. The van der Waals surface area contributed by atoms with Gasteiger partial charge in [-0.25, -0.2) is 0 Å². The molecule has 82 valence electrons. The number of methoxy groups -OCH3 is 1. The Morgan fingerprint density at radius 2 is 2.36 bits per heavy atom. The van der Waals surface area contributed by atoms with E-state index in [4.69, 9.17) is 5.73 Å². The quantitative estimate of drug-likeness (QED) is 0.662. The van der Waals surface area contributed by atoms with E-state index in [1.165, 1.54) is 7.11 Å². The Morgan fingerprint density at radius 1 is 1.64 bits per heavy atom. The fraction of sp³-hybridized carbons (Fsp3) is 0.900. The normalized spacial score (nSPS) is 28.8. The highest BCUT2D eigenvalue weighted by molar-refractivity contribution is 5.69. The molecular weight excluding hydrogens is 180 g/mol. The van der Waals surface area contributed by atoms with Crippen LogP contribution >= 0.6 is 0 Å². The Balaban J connectivity index is 2.23. The smallest absolute Gasteiger partial charge is 0.306 e. The number of nitrogens with zero attached hydrogens (tertiary/aromatic N) is 1. The maximum atomic E-state index is 10.9. The van der Waals surface area contributed by atoms with E-state index in [-0.39, 0.29) is 5.97 Å². The average molecular weight is 200 g/mol. The number of carbonyl (C=O) groups excluding carboxylic acids is 1. The summed E-state index contributed by atoms with van der Waals surface area (Å²) in [5.74, 6) is 0.397. The molecule has 4 nitrogen and oxygen atoms in total. The molecule has 0 aromatic heterocycles. The third-order valence-electron chi connectivity index (χ3n) is 2.92. The molecule has 0 aliphatic carbocycles. The first-order valence-corrected chi connectivity index (χ1v) is 5.18. The lowest BCUT2D eigenvalue weighted by molar-refractivity contribution is -0.141. The van der Waals surface area contributed by atoms with Gasteiger partial charge in [0.1, 0.15) is 0 Å².